The number of halogens is 3. The van der Waals surface area contributed by atoms with E-state index in [9.17, 15) is 26.7 Å². The molecule has 30 heavy (non-hydrogen) atoms. The van der Waals surface area contributed by atoms with Gasteiger partial charge in [0.25, 0.3) is 0 Å². The number of aromatic nitrogens is 5. The summed E-state index contributed by atoms with van der Waals surface area (Å²) in [7, 11) is -2.38. The van der Waals surface area contributed by atoms with Crippen molar-refractivity contribution in [3.05, 3.63) is 29.1 Å². The van der Waals surface area contributed by atoms with Gasteiger partial charge in [0.2, 0.25) is 0 Å². The van der Waals surface area contributed by atoms with E-state index < -0.39 is 21.7 Å². The number of rotatable bonds is 4. The van der Waals surface area contributed by atoms with Crippen LogP contribution in [0.4, 0.5) is 13.2 Å². The van der Waals surface area contributed by atoms with Gasteiger partial charge in [0.1, 0.15) is 27.5 Å². The number of pyridine rings is 1. The first-order chi connectivity index (χ1) is 13.8. The second-order valence-electron chi connectivity index (χ2n) is 6.80. The van der Waals surface area contributed by atoms with Crippen LogP contribution in [0.2, 0.25) is 0 Å². The summed E-state index contributed by atoms with van der Waals surface area (Å²) in [5, 5.41) is 17.0. The molecule has 3 heterocycles. The Morgan fingerprint density at radius 1 is 1.20 bits per heavy atom. The molecule has 12 heteroatoms. The normalized spacial score (nSPS) is 12.4. The third kappa shape index (κ3) is 3.86. The van der Waals surface area contributed by atoms with E-state index in [1.165, 1.54) is 18.5 Å². The molecular weight excluding hydrogens is 423 g/mol. The van der Waals surface area contributed by atoms with Crippen LogP contribution < -0.4 is 0 Å². The van der Waals surface area contributed by atoms with Crippen LogP contribution in [0, 0.1) is 0 Å². The summed E-state index contributed by atoms with van der Waals surface area (Å²) in [6.45, 7) is 4.96. The molecule has 3 aromatic rings. The van der Waals surface area contributed by atoms with Gasteiger partial charge in [-0.1, -0.05) is 12.5 Å². The number of hydrogen-bond donors (Lipinski definition) is 1. The zero-order valence-corrected chi connectivity index (χ0v) is 17.3. The zero-order valence-electron chi connectivity index (χ0n) is 16.5. The lowest BCUT2D eigenvalue weighted by molar-refractivity contribution is -0.141. The van der Waals surface area contributed by atoms with Crippen molar-refractivity contribution in [3.63, 3.8) is 0 Å². The lowest BCUT2D eigenvalue weighted by Gasteiger charge is -2.11. The molecule has 0 amide bonds. The summed E-state index contributed by atoms with van der Waals surface area (Å²) in [5.41, 5.74) is -0.513. The largest absolute Gasteiger partial charge is 0.506 e. The maximum absolute atomic E-state index is 13.0. The molecule has 0 aliphatic carbocycles. The molecule has 0 atom stereocenters. The first kappa shape index (κ1) is 21.7. The second kappa shape index (κ2) is 7.35. The highest BCUT2D eigenvalue weighted by atomic mass is 32.2. The lowest BCUT2D eigenvalue weighted by Crippen LogP contribution is -2.10. The highest BCUT2D eigenvalue weighted by Crippen LogP contribution is 2.34. The van der Waals surface area contributed by atoms with Gasteiger partial charge in [-0.3, -0.25) is 0 Å². The van der Waals surface area contributed by atoms with E-state index in [0.29, 0.717) is 0 Å². The SMILES string of the molecule is CCS(=O)(=O)c1cc(O)c(C=C(C)C)nc1-c1nc2cc(C(F)(F)F)nnc2n1C. The van der Waals surface area contributed by atoms with Gasteiger partial charge in [0.15, 0.2) is 27.0 Å². The minimum absolute atomic E-state index is 0.0194. The standard InChI is InChI=1S/C18H18F3N5O3S/c1-5-30(28,29)13-8-12(27)10(6-9(2)3)22-15(13)17-23-11-7-14(18(19,20)21)24-25-16(11)26(17)4/h6-8,27H,5H2,1-4H3. The van der Waals surface area contributed by atoms with Gasteiger partial charge in [0, 0.05) is 19.2 Å². The Morgan fingerprint density at radius 3 is 2.43 bits per heavy atom. The van der Waals surface area contributed by atoms with Gasteiger partial charge < -0.3 is 9.67 Å². The van der Waals surface area contributed by atoms with E-state index in [1.807, 2.05) is 0 Å². The molecule has 3 rings (SSSR count). The van der Waals surface area contributed by atoms with Crippen LogP contribution in [0.3, 0.4) is 0 Å². The van der Waals surface area contributed by atoms with Crippen molar-refractivity contribution in [1.82, 2.24) is 24.7 Å². The van der Waals surface area contributed by atoms with E-state index in [2.05, 4.69) is 20.2 Å². The molecule has 0 radical (unpaired) electrons. The van der Waals surface area contributed by atoms with E-state index in [4.69, 9.17) is 0 Å². The number of aromatic hydroxyl groups is 1. The fourth-order valence-corrected chi connectivity index (χ4v) is 3.80. The smallest absolute Gasteiger partial charge is 0.435 e. The van der Waals surface area contributed by atoms with Crippen LogP contribution in [0.5, 0.6) is 5.75 Å². The Bertz CT molecular complexity index is 1280. The molecule has 1 N–H and O–H groups in total. The maximum Gasteiger partial charge on any atom is 0.435 e. The van der Waals surface area contributed by atoms with Crippen molar-refractivity contribution in [1.29, 1.82) is 0 Å². The van der Waals surface area contributed by atoms with Crippen LogP contribution in [0.15, 0.2) is 22.6 Å². The molecule has 0 saturated heterocycles. The van der Waals surface area contributed by atoms with E-state index in [0.717, 1.165) is 17.7 Å². The number of hydrogen-bond acceptors (Lipinski definition) is 7. The molecule has 0 spiro atoms. The summed E-state index contributed by atoms with van der Waals surface area (Å²) in [4.78, 5) is 8.13. The van der Waals surface area contributed by atoms with Crippen molar-refractivity contribution >= 4 is 27.1 Å². The maximum atomic E-state index is 13.0. The van der Waals surface area contributed by atoms with E-state index in [1.54, 1.807) is 19.9 Å². The Labute approximate surface area is 170 Å². The highest BCUT2D eigenvalue weighted by molar-refractivity contribution is 7.91. The molecule has 0 unspecified atom stereocenters. The predicted octanol–water partition coefficient (Wildman–Crippen LogP) is 3.37. The lowest BCUT2D eigenvalue weighted by atomic mass is 10.2. The minimum atomic E-state index is -4.71. The topological polar surface area (TPSA) is 111 Å². The van der Waals surface area contributed by atoms with Crippen molar-refractivity contribution in [2.24, 2.45) is 7.05 Å². The number of alkyl halides is 3. The number of imidazole rings is 1. The van der Waals surface area contributed by atoms with E-state index >= 15 is 0 Å². The van der Waals surface area contributed by atoms with Crippen LogP contribution in [0.1, 0.15) is 32.2 Å². The van der Waals surface area contributed by atoms with Gasteiger partial charge in [-0.25, -0.2) is 18.4 Å². The average Bonchev–Trinajstić information content (AvgIpc) is 2.98. The number of allylic oxidation sites excluding steroid dienone is 1. The molecule has 8 nitrogen and oxygen atoms in total. The highest BCUT2D eigenvalue weighted by Gasteiger charge is 2.34. The molecular formula is C18H18F3N5O3S. The second-order valence-corrected chi connectivity index (χ2v) is 9.04. The Balaban J connectivity index is 2.36. The van der Waals surface area contributed by atoms with Gasteiger partial charge in [-0.05, 0) is 19.9 Å². The summed E-state index contributed by atoms with van der Waals surface area (Å²) in [6, 6.07) is 1.80. The first-order valence-corrected chi connectivity index (χ1v) is 10.4. The van der Waals surface area contributed by atoms with Crippen molar-refractivity contribution in [2.75, 3.05) is 5.75 Å². The quantitative estimate of drug-likeness (QED) is 0.661. The van der Waals surface area contributed by atoms with Crippen molar-refractivity contribution in [3.8, 4) is 17.3 Å². The Hall–Kier alpha value is -3.02. The molecule has 0 aliphatic rings. The number of aryl methyl sites for hydroxylation is 1. The monoisotopic (exact) mass is 441 g/mol. The van der Waals surface area contributed by atoms with Crippen molar-refractivity contribution < 1.29 is 26.7 Å². The third-order valence-electron chi connectivity index (χ3n) is 4.26. The fraction of sp³-hybridized carbons (Fsp3) is 0.333. The van der Waals surface area contributed by atoms with Gasteiger partial charge >= 0.3 is 6.18 Å². The Kier molecular flexibility index (Phi) is 5.31. The summed E-state index contributed by atoms with van der Waals surface area (Å²) >= 11 is 0. The molecule has 3 aromatic heterocycles. The van der Waals surface area contributed by atoms with Crippen molar-refractivity contribution in [2.45, 2.75) is 31.8 Å². The molecule has 0 bridgehead atoms. The number of sulfone groups is 1. The summed E-state index contributed by atoms with van der Waals surface area (Å²) in [6.07, 6.45) is -3.16. The Morgan fingerprint density at radius 2 is 1.87 bits per heavy atom. The van der Waals surface area contributed by atoms with Gasteiger partial charge in [-0.2, -0.15) is 13.2 Å². The number of nitrogens with zero attached hydrogens (tertiary/aromatic N) is 5. The molecule has 0 aliphatic heterocycles. The van der Waals surface area contributed by atoms with Crippen LogP contribution in [-0.2, 0) is 23.1 Å². The first-order valence-electron chi connectivity index (χ1n) is 8.74. The minimum Gasteiger partial charge on any atom is -0.506 e. The molecule has 0 saturated carbocycles. The molecule has 0 fully saturated rings. The van der Waals surface area contributed by atoms with Crippen LogP contribution in [0.25, 0.3) is 28.8 Å². The van der Waals surface area contributed by atoms with Crippen LogP contribution in [-0.4, -0.2) is 44.0 Å². The fourth-order valence-electron chi connectivity index (χ4n) is 2.77. The zero-order chi connectivity index (χ0) is 22.4. The van der Waals surface area contributed by atoms with Crippen LogP contribution >= 0.6 is 0 Å². The van der Waals surface area contributed by atoms with Gasteiger partial charge in [-0.15, -0.1) is 10.2 Å². The average molecular weight is 441 g/mol. The van der Waals surface area contributed by atoms with E-state index in [-0.39, 0.29) is 44.8 Å². The number of fused-ring (bicyclic) bond motifs is 1. The third-order valence-corrected chi connectivity index (χ3v) is 6.00. The summed E-state index contributed by atoms with van der Waals surface area (Å²) in [5.74, 6) is -0.635. The molecule has 0 aromatic carbocycles. The van der Waals surface area contributed by atoms with Gasteiger partial charge in [0.05, 0.1) is 5.75 Å². The molecule has 160 valence electrons. The summed E-state index contributed by atoms with van der Waals surface area (Å²) < 4.78 is 65.4. The predicted molar refractivity (Wildman–Crippen MR) is 103 cm³/mol.